The normalized spacial score (nSPS) is 10.4. The van der Waals surface area contributed by atoms with E-state index < -0.39 is 0 Å². The number of ether oxygens (including phenoxy) is 1. The van der Waals surface area contributed by atoms with Gasteiger partial charge in [-0.1, -0.05) is 17.3 Å². The maximum Gasteiger partial charge on any atom is 0.245 e. The Balaban J connectivity index is 2.63. The number of anilines is 1. The van der Waals surface area contributed by atoms with Gasteiger partial charge in [-0.2, -0.15) is 0 Å². The molecule has 8 heteroatoms. The van der Waals surface area contributed by atoms with Crippen LogP contribution in [0.25, 0.3) is 0 Å². The van der Waals surface area contributed by atoms with Crippen LogP contribution in [0.4, 0.5) is 5.95 Å². The molecular weight excluding hydrogens is 228 g/mol. The van der Waals surface area contributed by atoms with E-state index in [4.69, 9.17) is 22.7 Å². The Hall–Kier alpha value is -1.28. The van der Waals surface area contributed by atoms with E-state index in [0.29, 0.717) is 37.1 Å². The molecule has 0 amide bonds. The van der Waals surface area contributed by atoms with Gasteiger partial charge >= 0.3 is 0 Å². The van der Waals surface area contributed by atoms with Crippen molar-refractivity contribution in [1.82, 2.24) is 20.2 Å². The molecule has 0 aliphatic heterocycles. The topological polar surface area (TPSA) is 82.1 Å². The van der Waals surface area contributed by atoms with Crippen molar-refractivity contribution in [1.29, 1.82) is 0 Å². The summed E-state index contributed by atoms with van der Waals surface area (Å²) < 4.78 is 6.64. The summed E-state index contributed by atoms with van der Waals surface area (Å²) in [5.41, 5.74) is 5.48. The summed E-state index contributed by atoms with van der Waals surface area (Å²) >= 11 is 4.85. The summed E-state index contributed by atoms with van der Waals surface area (Å²) in [4.78, 5) is 2.47. The Kier molecular flexibility index (Phi) is 5.06. The third-order valence-electron chi connectivity index (χ3n) is 2.07. The SMILES string of the molecule is COCCN(CCC(N)=S)c1nnnn1C. The lowest BCUT2D eigenvalue weighted by Crippen LogP contribution is -2.32. The molecule has 1 heterocycles. The van der Waals surface area contributed by atoms with Gasteiger partial charge in [-0.3, -0.25) is 0 Å². The Morgan fingerprint density at radius 1 is 1.56 bits per heavy atom. The van der Waals surface area contributed by atoms with Crippen LogP contribution in [0, 0.1) is 0 Å². The van der Waals surface area contributed by atoms with Crippen LogP contribution in [-0.2, 0) is 11.8 Å². The molecule has 0 unspecified atom stereocenters. The number of aryl methyl sites for hydroxylation is 1. The largest absolute Gasteiger partial charge is 0.393 e. The fourth-order valence-corrected chi connectivity index (χ4v) is 1.34. The summed E-state index contributed by atoms with van der Waals surface area (Å²) in [6, 6.07) is 0. The zero-order chi connectivity index (χ0) is 12.0. The first-order valence-corrected chi connectivity index (χ1v) is 5.30. The number of rotatable bonds is 7. The van der Waals surface area contributed by atoms with Crippen LogP contribution >= 0.6 is 12.2 Å². The van der Waals surface area contributed by atoms with E-state index >= 15 is 0 Å². The van der Waals surface area contributed by atoms with Crippen LogP contribution in [0.5, 0.6) is 0 Å². The number of nitrogens with zero attached hydrogens (tertiary/aromatic N) is 5. The second kappa shape index (κ2) is 6.33. The molecule has 7 nitrogen and oxygen atoms in total. The predicted molar refractivity (Wildman–Crippen MR) is 64.3 cm³/mol. The summed E-state index contributed by atoms with van der Waals surface area (Å²) in [5, 5.41) is 11.3. The zero-order valence-corrected chi connectivity index (χ0v) is 10.3. The van der Waals surface area contributed by atoms with Gasteiger partial charge in [-0.25, -0.2) is 4.68 Å². The quantitative estimate of drug-likeness (QED) is 0.637. The highest BCUT2D eigenvalue weighted by molar-refractivity contribution is 7.80. The van der Waals surface area contributed by atoms with Crippen LogP contribution in [0.2, 0.25) is 0 Å². The summed E-state index contributed by atoms with van der Waals surface area (Å²) in [7, 11) is 3.44. The van der Waals surface area contributed by atoms with Crippen molar-refractivity contribution in [3.63, 3.8) is 0 Å². The van der Waals surface area contributed by atoms with E-state index in [1.807, 2.05) is 4.90 Å². The molecule has 0 bridgehead atoms. The predicted octanol–water partition coefficient (Wildman–Crippen LogP) is -0.661. The minimum Gasteiger partial charge on any atom is -0.393 e. The molecule has 1 aromatic heterocycles. The summed E-state index contributed by atoms with van der Waals surface area (Å²) in [5.74, 6) is 0.688. The first-order chi connectivity index (χ1) is 7.65. The first-order valence-electron chi connectivity index (χ1n) is 4.89. The molecule has 16 heavy (non-hydrogen) atoms. The molecule has 0 fully saturated rings. The van der Waals surface area contributed by atoms with Gasteiger partial charge in [-0.05, 0) is 10.4 Å². The number of nitrogens with two attached hydrogens (primary N) is 1. The minimum atomic E-state index is 0.484. The van der Waals surface area contributed by atoms with Crippen molar-refractivity contribution in [3.05, 3.63) is 0 Å². The molecule has 0 atom stereocenters. The van der Waals surface area contributed by atoms with Gasteiger partial charge in [0.1, 0.15) is 0 Å². The van der Waals surface area contributed by atoms with Crippen LogP contribution in [-0.4, -0.2) is 52.0 Å². The molecule has 1 rings (SSSR count). The van der Waals surface area contributed by atoms with Crippen LogP contribution in [0.3, 0.4) is 0 Å². The third kappa shape index (κ3) is 3.70. The van der Waals surface area contributed by atoms with Gasteiger partial charge in [0.25, 0.3) is 0 Å². The van der Waals surface area contributed by atoms with Gasteiger partial charge in [0.15, 0.2) is 0 Å². The number of aromatic nitrogens is 4. The van der Waals surface area contributed by atoms with E-state index in [0.717, 1.165) is 0 Å². The highest BCUT2D eigenvalue weighted by Gasteiger charge is 2.12. The Morgan fingerprint density at radius 2 is 2.31 bits per heavy atom. The van der Waals surface area contributed by atoms with E-state index in [9.17, 15) is 0 Å². The van der Waals surface area contributed by atoms with E-state index in [-0.39, 0.29) is 0 Å². The highest BCUT2D eigenvalue weighted by atomic mass is 32.1. The van der Waals surface area contributed by atoms with Gasteiger partial charge in [0, 0.05) is 33.7 Å². The van der Waals surface area contributed by atoms with E-state index in [1.54, 1.807) is 18.8 Å². The molecule has 0 saturated heterocycles. The van der Waals surface area contributed by atoms with Crippen molar-refractivity contribution >= 4 is 23.2 Å². The van der Waals surface area contributed by atoms with E-state index in [1.165, 1.54) is 0 Å². The fraction of sp³-hybridized carbons (Fsp3) is 0.750. The van der Waals surface area contributed by atoms with Gasteiger partial charge in [0.05, 0.1) is 11.6 Å². The van der Waals surface area contributed by atoms with Crippen LogP contribution < -0.4 is 10.6 Å². The van der Waals surface area contributed by atoms with Crippen molar-refractivity contribution < 1.29 is 4.74 Å². The second-order valence-electron chi connectivity index (χ2n) is 3.30. The summed E-state index contributed by atoms with van der Waals surface area (Å²) in [6.07, 6.45) is 0.631. The number of methoxy groups -OCH3 is 1. The minimum absolute atomic E-state index is 0.484. The van der Waals surface area contributed by atoms with Crippen LogP contribution in [0.1, 0.15) is 6.42 Å². The number of hydrogen-bond acceptors (Lipinski definition) is 6. The van der Waals surface area contributed by atoms with Crippen LogP contribution in [0.15, 0.2) is 0 Å². The second-order valence-corrected chi connectivity index (χ2v) is 3.82. The lowest BCUT2D eigenvalue weighted by atomic mass is 10.4. The first kappa shape index (κ1) is 12.8. The number of hydrogen-bond donors (Lipinski definition) is 1. The van der Waals surface area contributed by atoms with Gasteiger partial charge in [-0.15, -0.1) is 0 Å². The maximum absolute atomic E-state index is 5.48. The number of tetrazole rings is 1. The average molecular weight is 244 g/mol. The molecule has 1 aromatic rings. The van der Waals surface area contributed by atoms with Gasteiger partial charge < -0.3 is 15.4 Å². The van der Waals surface area contributed by atoms with Crippen molar-refractivity contribution in [2.24, 2.45) is 12.8 Å². The molecule has 0 saturated carbocycles. The zero-order valence-electron chi connectivity index (χ0n) is 9.46. The monoisotopic (exact) mass is 244 g/mol. The van der Waals surface area contributed by atoms with Crippen molar-refractivity contribution in [2.75, 3.05) is 31.7 Å². The Morgan fingerprint density at radius 3 is 2.81 bits per heavy atom. The summed E-state index contributed by atoms with van der Waals surface area (Å²) in [6.45, 7) is 1.99. The molecule has 2 N–H and O–H groups in total. The molecule has 0 aliphatic carbocycles. The average Bonchev–Trinajstić information content (AvgIpc) is 2.65. The lowest BCUT2D eigenvalue weighted by Gasteiger charge is -2.21. The Labute approximate surface area is 99.5 Å². The van der Waals surface area contributed by atoms with Crippen molar-refractivity contribution in [3.8, 4) is 0 Å². The fourth-order valence-electron chi connectivity index (χ4n) is 1.25. The smallest absolute Gasteiger partial charge is 0.245 e. The molecule has 0 aromatic carbocycles. The molecular formula is C8H16N6OS. The molecule has 0 radical (unpaired) electrons. The molecule has 90 valence electrons. The van der Waals surface area contributed by atoms with Gasteiger partial charge in [0.2, 0.25) is 5.95 Å². The highest BCUT2D eigenvalue weighted by Crippen LogP contribution is 2.06. The maximum atomic E-state index is 5.48. The van der Waals surface area contributed by atoms with E-state index in [2.05, 4.69) is 15.5 Å². The number of thiocarbonyl (C=S) groups is 1. The third-order valence-corrected chi connectivity index (χ3v) is 2.28. The van der Waals surface area contributed by atoms with Crippen molar-refractivity contribution in [2.45, 2.75) is 6.42 Å². The lowest BCUT2D eigenvalue weighted by molar-refractivity contribution is 0.205. The Bertz CT molecular complexity index is 341. The molecule has 0 aliphatic rings. The standard InChI is InChI=1S/C8H16N6OS/c1-13-8(10-11-12-13)14(5-6-15-2)4-3-7(9)16/h3-6H2,1-2H3,(H2,9,16). The molecule has 0 spiro atoms.